The number of carbonyl (C=O) groups excluding carboxylic acids is 1. The number of carbonyl (C=O) groups is 1. The molecule has 1 aliphatic rings. The maximum absolute atomic E-state index is 13.1. The van der Waals surface area contributed by atoms with Gasteiger partial charge in [-0.15, -0.1) is 0 Å². The van der Waals surface area contributed by atoms with Crippen molar-refractivity contribution in [3.05, 3.63) is 53.0 Å². The van der Waals surface area contributed by atoms with E-state index < -0.39 is 0 Å². The standard InChI is InChI=1S/C20H21BrN4O2/c1-27-14-7-5-13(6-8-14)23-20(26)16-11-18(25-10-9-22-12-25)24-19-15(16)3-2-4-17(19)21/h2-4,9-14H,5-8H2,1H3,(H,23,26). The number of amides is 1. The topological polar surface area (TPSA) is 69.0 Å². The van der Waals surface area contributed by atoms with Crippen LogP contribution in [0, 0.1) is 0 Å². The average molecular weight is 429 g/mol. The van der Waals surface area contributed by atoms with E-state index in [1.54, 1.807) is 24.2 Å². The third-order valence-electron chi connectivity index (χ3n) is 5.13. The molecule has 2 aromatic heterocycles. The van der Waals surface area contributed by atoms with Crippen LogP contribution in [-0.4, -0.2) is 39.7 Å². The Morgan fingerprint density at radius 1 is 1.30 bits per heavy atom. The number of hydrogen-bond donors (Lipinski definition) is 1. The summed E-state index contributed by atoms with van der Waals surface area (Å²) in [5.41, 5.74) is 1.39. The van der Waals surface area contributed by atoms with Gasteiger partial charge in [0.2, 0.25) is 0 Å². The monoisotopic (exact) mass is 428 g/mol. The van der Waals surface area contributed by atoms with Crippen LogP contribution in [0.5, 0.6) is 0 Å². The van der Waals surface area contributed by atoms with Crippen LogP contribution < -0.4 is 5.32 Å². The third-order valence-corrected chi connectivity index (χ3v) is 5.77. The number of aromatic nitrogens is 3. The first-order chi connectivity index (χ1) is 13.2. The highest BCUT2D eigenvalue weighted by molar-refractivity contribution is 9.10. The van der Waals surface area contributed by atoms with Gasteiger partial charge in [0.15, 0.2) is 0 Å². The minimum atomic E-state index is -0.0669. The molecule has 0 saturated heterocycles. The fourth-order valence-electron chi connectivity index (χ4n) is 3.62. The van der Waals surface area contributed by atoms with Crippen molar-refractivity contribution in [2.45, 2.75) is 37.8 Å². The second kappa shape index (κ2) is 7.78. The largest absolute Gasteiger partial charge is 0.381 e. The van der Waals surface area contributed by atoms with Gasteiger partial charge in [0.25, 0.3) is 5.91 Å². The van der Waals surface area contributed by atoms with Crippen molar-refractivity contribution in [1.82, 2.24) is 19.9 Å². The van der Waals surface area contributed by atoms with Gasteiger partial charge >= 0.3 is 0 Å². The molecule has 7 heteroatoms. The maximum Gasteiger partial charge on any atom is 0.252 e. The number of nitrogens with one attached hydrogen (secondary N) is 1. The second-order valence-electron chi connectivity index (χ2n) is 6.82. The molecule has 4 rings (SSSR count). The Balaban J connectivity index is 1.67. The Hall–Kier alpha value is -2.25. The second-order valence-corrected chi connectivity index (χ2v) is 7.67. The van der Waals surface area contributed by atoms with E-state index in [9.17, 15) is 4.79 Å². The molecule has 1 aliphatic carbocycles. The highest BCUT2D eigenvalue weighted by Crippen LogP contribution is 2.27. The van der Waals surface area contributed by atoms with E-state index >= 15 is 0 Å². The van der Waals surface area contributed by atoms with E-state index in [2.05, 4.69) is 26.2 Å². The van der Waals surface area contributed by atoms with Crippen LogP contribution in [0.2, 0.25) is 0 Å². The summed E-state index contributed by atoms with van der Waals surface area (Å²) < 4.78 is 8.09. The van der Waals surface area contributed by atoms with Crippen LogP contribution in [-0.2, 0) is 4.74 Å². The first-order valence-electron chi connectivity index (χ1n) is 9.07. The fraction of sp³-hybridized carbons (Fsp3) is 0.350. The van der Waals surface area contributed by atoms with Crippen molar-refractivity contribution in [3.8, 4) is 5.82 Å². The van der Waals surface area contributed by atoms with Gasteiger partial charge in [-0.1, -0.05) is 12.1 Å². The minimum Gasteiger partial charge on any atom is -0.381 e. The lowest BCUT2D eigenvalue weighted by molar-refractivity contribution is 0.0599. The van der Waals surface area contributed by atoms with Gasteiger partial charge in [0.05, 0.1) is 17.2 Å². The van der Waals surface area contributed by atoms with Crippen LogP contribution in [0.15, 0.2) is 47.5 Å². The molecular weight excluding hydrogens is 408 g/mol. The highest BCUT2D eigenvalue weighted by atomic mass is 79.9. The first-order valence-corrected chi connectivity index (χ1v) is 9.86. The first kappa shape index (κ1) is 18.1. The number of methoxy groups -OCH3 is 1. The Morgan fingerprint density at radius 3 is 2.81 bits per heavy atom. The number of pyridine rings is 1. The average Bonchev–Trinajstić information content (AvgIpc) is 3.23. The number of fused-ring (bicyclic) bond motifs is 1. The van der Waals surface area contributed by atoms with Crippen molar-refractivity contribution in [1.29, 1.82) is 0 Å². The predicted octanol–water partition coefficient (Wildman–Crippen LogP) is 3.87. The fourth-order valence-corrected chi connectivity index (χ4v) is 4.08. The lowest BCUT2D eigenvalue weighted by Gasteiger charge is -2.28. The van der Waals surface area contributed by atoms with Gasteiger partial charge in [-0.2, -0.15) is 0 Å². The van der Waals surface area contributed by atoms with Gasteiger partial charge in [0, 0.05) is 35.4 Å². The van der Waals surface area contributed by atoms with Gasteiger partial charge < -0.3 is 10.1 Å². The summed E-state index contributed by atoms with van der Waals surface area (Å²) in [7, 11) is 1.75. The molecule has 1 amide bonds. The minimum absolute atomic E-state index is 0.0669. The molecule has 0 aliphatic heterocycles. The van der Waals surface area contributed by atoms with Crippen molar-refractivity contribution in [2.24, 2.45) is 0 Å². The molecule has 0 bridgehead atoms. The van der Waals surface area contributed by atoms with Crippen LogP contribution in [0.25, 0.3) is 16.7 Å². The number of rotatable bonds is 4. The van der Waals surface area contributed by atoms with Crippen LogP contribution in [0.3, 0.4) is 0 Å². The van der Waals surface area contributed by atoms with Crippen LogP contribution in [0.1, 0.15) is 36.0 Å². The Bertz CT molecular complexity index is 950. The number of ether oxygens (including phenoxy) is 1. The normalized spacial score (nSPS) is 19.9. The zero-order valence-electron chi connectivity index (χ0n) is 15.1. The Labute approximate surface area is 166 Å². The number of halogens is 1. The molecule has 0 spiro atoms. The number of hydrogen-bond acceptors (Lipinski definition) is 4. The van der Waals surface area contributed by atoms with Crippen LogP contribution >= 0.6 is 15.9 Å². The molecule has 2 heterocycles. The van der Waals surface area contributed by atoms with Gasteiger partial charge in [-0.05, 0) is 53.7 Å². The Kier molecular flexibility index (Phi) is 5.22. The molecule has 1 saturated carbocycles. The molecule has 1 N–H and O–H groups in total. The zero-order valence-corrected chi connectivity index (χ0v) is 16.6. The molecule has 140 valence electrons. The van der Waals surface area contributed by atoms with Crippen molar-refractivity contribution < 1.29 is 9.53 Å². The summed E-state index contributed by atoms with van der Waals surface area (Å²) in [6.45, 7) is 0. The Morgan fingerprint density at radius 2 is 2.11 bits per heavy atom. The van der Waals surface area contributed by atoms with E-state index in [0.717, 1.165) is 41.1 Å². The van der Waals surface area contributed by atoms with E-state index in [1.165, 1.54) is 0 Å². The van der Waals surface area contributed by atoms with Crippen molar-refractivity contribution in [3.63, 3.8) is 0 Å². The van der Waals surface area contributed by atoms with Gasteiger partial charge in [-0.25, -0.2) is 9.97 Å². The van der Waals surface area contributed by atoms with E-state index in [1.807, 2.05) is 30.5 Å². The summed E-state index contributed by atoms with van der Waals surface area (Å²) >= 11 is 3.56. The molecule has 27 heavy (non-hydrogen) atoms. The number of benzene rings is 1. The highest BCUT2D eigenvalue weighted by Gasteiger charge is 2.24. The number of nitrogens with zero attached hydrogens (tertiary/aromatic N) is 3. The van der Waals surface area contributed by atoms with Gasteiger partial charge in [-0.3, -0.25) is 9.36 Å². The third kappa shape index (κ3) is 3.75. The summed E-state index contributed by atoms with van der Waals surface area (Å²) in [4.78, 5) is 21.9. The number of para-hydroxylation sites is 1. The molecule has 6 nitrogen and oxygen atoms in total. The molecule has 1 fully saturated rings. The lowest BCUT2D eigenvalue weighted by atomic mass is 9.92. The van der Waals surface area contributed by atoms with Crippen molar-refractivity contribution >= 4 is 32.7 Å². The smallest absolute Gasteiger partial charge is 0.252 e. The summed E-state index contributed by atoms with van der Waals surface area (Å²) in [6.07, 6.45) is 9.33. The summed E-state index contributed by atoms with van der Waals surface area (Å²) in [5.74, 6) is 0.600. The number of imidazole rings is 1. The van der Waals surface area contributed by atoms with Crippen LogP contribution in [0.4, 0.5) is 0 Å². The molecule has 0 unspecified atom stereocenters. The maximum atomic E-state index is 13.1. The zero-order chi connectivity index (χ0) is 18.8. The van der Waals surface area contributed by atoms with E-state index in [0.29, 0.717) is 17.5 Å². The summed E-state index contributed by atoms with van der Waals surface area (Å²) in [6, 6.07) is 7.79. The van der Waals surface area contributed by atoms with Crippen molar-refractivity contribution in [2.75, 3.05) is 7.11 Å². The molecule has 1 aromatic carbocycles. The lowest BCUT2D eigenvalue weighted by Crippen LogP contribution is -2.39. The van der Waals surface area contributed by atoms with E-state index in [4.69, 9.17) is 9.72 Å². The molecular formula is C20H21BrN4O2. The summed E-state index contributed by atoms with van der Waals surface area (Å²) in [5, 5.41) is 4.03. The molecule has 0 atom stereocenters. The molecule has 3 aromatic rings. The predicted molar refractivity (Wildman–Crippen MR) is 107 cm³/mol. The molecule has 0 radical (unpaired) electrons. The van der Waals surface area contributed by atoms with Gasteiger partial charge in [0.1, 0.15) is 12.1 Å². The quantitative estimate of drug-likeness (QED) is 0.684. The van der Waals surface area contributed by atoms with E-state index in [-0.39, 0.29) is 11.9 Å². The SMILES string of the molecule is COC1CCC(NC(=O)c2cc(-n3ccnc3)nc3c(Br)cccc23)CC1.